The standard InChI is InChI=1S/C52H81N3O4/c1-35(2)38-20-25-52(34-53-28-29-54-30-32-55(33-31-54)45(57)59-47(6,7)8)27-26-50(12)40(43(38)52)18-19-42-49(11)23-21-39(48(9,10)41(49)22-24-51(42,50)13)36-14-16-37(17-15-36)44(56)58-46(3,4)5/h14-17,21,38,40-43,53H,1,18-20,22-34H2,2-13H3. The number of nitrogens with zero attached hydrogens (tertiary/aromatic N) is 2. The number of piperazine rings is 1. The first-order valence-corrected chi connectivity index (χ1v) is 23.6. The van der Waals surface area contributed by atoms with E-state index in [9.17, 15) is 9.59 Å². The van der Waals surface area contributed by atoms with E-state index in [1.807, 2.05) is 58.6 Å². The number of ether oxygens (including phenoxy) is 2. The molecule has 1 aromatic rings. The fraction of sp³-hybridized carbons (Fsp3) is 0.769. The number of fused-ring (bicyclic) bond motifs is 7. The van der Waals surface area contributed by atoms with Crippen molar-refractivity contribution in [3.8, 4) is 0 Å². The van der Waals surface area contributed by atoms with E-state index in [1.165, 1.54) is 68.1 Å². The number of hydrogen-bond acceptors (Lipinski definition) is 6. The zero-order valence-electron chi connectivity index (χ0n) is 39.3. The van der Waals surface area contributed by atoms with Gasteiger partial charge in [-0.1, -0.05) is 65.0 Å². The van der Waals surface area contributed by atoms with Gasteiger partial charge in [-0.2, -0.15) is 0 Å². The lowest BCUT2D eigenvalue weighted by atomic mass is 9.32. The molecule has 1 N–H and O–H groups in total. The third-order valence-electron chi connectivity index (χ3n) is 17.8. The SMILES string of the molecule is C=C(C)C1CCC2(CNCCN3CCN(C(=O)OC(C)(C)C)CC3)CCC3(C)C(CCC4C5(C)CC=C(c6ccc(C(=O)OC(C)(C)C)cc6)C(C)(C)C5CCC43C)C12. The van der Waals surface area contributed by atoms with Gasteiger partial charge in [0.1, 0.15) is 11.2 Å². The van der Waals surface area contributed by atoms with Crippen LogP contribution < -0.4 is 5.32 Å². The van der Waals surface area contributed by atoms with Crippen LogP contribution >= 0.6 is 0 Å². The van der Waals surface area contributed by atoms with Crippen LogP contribution in [-0.4, -0.2) is 78.9 Å². The predicted molar refractivity (Wildman–Crippen MR) is 241 cm³/mol. The van der Waals surface area contributed by atoms with Crippen molar-refractivity contribution in [2.75, 3.05) is 45.8 Å². The monoisotopic (exact) mass is 812 g/mol. The molecule has 1 aliphatic heterocycles. The third kappa shape index (κ3) is 8.00. The summed E-state index contributed by atoms with van der Waals surface area (Å²) < 4.78 is 11.3. The average molecular weight is 812 g/mol. The second kappa shape index (κ2) is 15.6. The van der Waals surface area contributed by atoms with Crippen molar-refractivity contribution in [3.63, 3.8) is 0 Å². The van der Waals surface area contributed by atoms with Crippen LogP contribution in [0.1, 0.15) is 157 Å². The number of esters is 1. The molecule has 328 valence electrons. The van der Waals surface area contributed by atoms with Crippen LogP contribution in [0.25, 0.3) is 5.57 Å². The molecule has 0 radical (unpaired) electrons. The van der Waals surface area contributed by atoms with Crippen molar-refractivity contribution in [3.05, 3.63) is 53.6 Å². The Morgan fingerprint density at radius 2 is 1.46 bits per heavy atom. The predicted octanol–water partition coefficient (Wildman–Crippen LogP) is 11.4. The van der Waals surface area contributed by atoms with Crippen LogP contribution in [0.3, 0.4) is 0 Å². The lowest BCUT2D eigenvalue weighted by Gasteiger charge is -2.72. The number of benzene rings is 1. The molecule has 7 nitrogen and oxygen atoms in total. The molecule has 1 amide bonds. The summed E-state index contributed by atoms with van der Waals surface area (Å²) in [7, 11) is 0. The molecule has 7 rings (SSSR count). The summed E-state index contributed by atoms with van der Waals surface area (Å²) in [5.74, 6) is 3.11. The van der Waals surface area contributed by atoms with E-state index in [2.05, 4.69) is 76.5 Å². The lowest BCUT2D eigenvalue weighted by molar-refractivity contribution is -0.225. The maximum Gasteiger partial charge on any atom is 0.410 e. The number of carbonyl (C=O) groups excluding carboxylic acids is 2. The molecule has 1 aromatic carbocycles. The van der Waals surface area contributed by atoms with E-state index >= 15 is 0 Å². The minimum absolute atomic E-state index is 0.0368. The largest absolute Gasteiger partial charge is 0.456 e. The minimum Gasteiger partial charge on any atom is -0.456 e. The Morgan fingerprint density at radius 1 is 0.797 bits per heavy atom. The molecule has 5 aliphatic carbocycles. The third-order valence-corrected chi connectivity index (χ3v) is 17.8. The minimum atomic E-state index is -0.508. The average Bonchev–Trinajstić information content (AvgIpc) is 3.53. The number of rotatable bonds is 8. The van der Waals surface area contributed by atoms with E-state index in [4.69, 9.17) is 9.47 Å². The maximum absolute atomic E-state index is 12.8. The highest BCUT2D eigenvalue weighted by atomic mass is 16.6. The highest BCUT2D eigenvalue weighted by Gasteiger charge is 2.70. The van der Waals surface area contributed by atoms with Crippen LogP contribution in [0.15, 0.2) is 42.5 Å². The highest BCUT2D eigenvalue weighted by Crippen LogP contribution is 2.77. The lowest BCUT2D eigenvalue weighted by Crippen LogP contribution is -2.66. The summed E-state index contributed by atoms with van der Waals surface area (Å²) in [4.78, 5) is 29.8. The molecule has 6 aliphatic rings. The number of hydrogen-bond donors (Lipinski definition) is 1. The fourth-order valence-electron chi connectivity index (χ4n) is 14.9. The van der Waals surface area contributed by atoms with Crippen molar-refractivity contribution < 1.29 is 19.1 Å². The van der Waals surface area contributed by atoms with E-state index < -0.39 is 11.2 Å². The van der Waals surface area contributed by atoms with Gasteiger partial charge in [-0.25, -0.2) is 9.59 Å². The Hall–Kier alpha value is -2.64. The molecule has 5 fully saturated rings. The van der Waals surface area contributed by atoms with Crippen LogP contribution in [0.4, 0.5) is 4.79 Å². The van der Waals surface area contributed by atoms with E-state index in [1.54, 1.807) is 0 Å². The summed E-state index contributed by atoms with van der Waals surface area (Å²) in [5.41, 5.74) is 5.03. The molecule has 0 aromatic heterocycles. The first kappa shape index (κ1) is 44.4. The van der Waals surface area contributed by atoms with Crippen LogP contribution in [0.2, 0.25) is 0 Å². The van der Waals surface area contributed by atoms with E-state index in [0.29, 0.717) is 45.5 Å². The van der Waals surface area contributed by atoms with Gasteiger partial charge >= 0.3 is 12.1 Å². The summed E-state index contributed by atoms with van der Waals surface area (Å²) in [6.45, 7) is 38.2. The summed E-state index contributed by atoms with van der Waals surface area (Å²) in [5, 5.41) is 4.04. The molecular formula is C52H81N3O4. The first-order chi connectivity index (χ1) is 27.4. The number of amides is 1. The van der Waals surface area contributed by atoms with Gasteiger partial charge in [-0.15, -0.1) is 0 Å². The smallest absolute Gasteiger partial charge is 0.410 e. The Bertz CT molecular complexity index is 1780. The Morgan fingerprint density at radius 3 is 2.08 bits per heavy atom. The van der Waals surface area contributed by atoms with Crippen molar-refractivity contribution >= 4 is 17.6 Å². The molecule has 7 heteroatoms. The summed E-state index contributed by atoms with van der Waals surface area (Å²) in [6, 6.07) is 8.25. The molecule has 1 saturated heterocycles. The molecule has 1 heterocycles. The normalized spacial score (nSPS) is 37.0. The molecule has 4 saturated carbocycles. The summed E-state index contributed by atoms with van der Waals surface area (Å²) >= 11 is 0. The van der Waals surface area contributed by atoms with Crippen molar-refractivity contribution in [1.82, 2.24) is 15.1 Å². The van der Waals surface area contributed by atoms with Gasteiger partial charge < -0.3 is 19.7 Å². The Labute approximate surface area is 358 Å². The quantitative estimate of drug-likeness (QED) is 0.160. The van der Waals surface area contributed by atoms with Gasteiger partial charge in [0.15, 0.2) is 0 Å². The van der Waals surface area contributed by atoms with Crippen molar-refractivity contribution in [2.45, 2.75) is 152 Å². The van der Waals surface area contributed by atoms with Gasteiger partial charge in [-0.05, 0) is 186 Å². The fourth-order valence-corrected chi connectivity index (χ4v) is 14.9. The number of nitrogens with one attached hydrogen (secondary N) is 1. The van der Waals surface area contributed by atoms with Crippen molar-refractivity contribution in [2.24, 2.45) is 56.7 Å². The summed E-state index contributed by atoms with van der Waals surface area (Å²) in [6.07, 6.45) is 14.1. The van der Waals surface area contributed by atoms with Gasteiger partial charge in [-0.3, -0.25) is 4.90 Å². The highest BCUT2D eigenvalue weighted by molar-refractivity contribution is 5.90. The van der Waals surface area contributed by atoms with Gasteiger partial charge in [0.05, 0.1) is 5.56 Å². The zero-order chi connectivity index (χ0) is 43.0. The number of carbonyl (C=O) groups is 2. The second-order valence-electron chi connectivity index (χ2n) is 23.7. The van der Waals surface area contributed by atoms with Crippen molar-refractivity contribution in [1.29, 1.82) is 0 Å². The molecular weight excluding hydrogens is 731 g/mol. The molecule has 0 bridgehead atoms. The molecule has 9 unspecified atom stereocenters. The van der Waals surface area contributed by atoms with Gasteiger partial charge in [0.25, 0.3) is 0 Å². The van der Waals surface area contributed by atoms with Crippen LogP contribution in [-0.2, 0) is 9.47 Å². The van der Waals surface area contributed by atoms with E-state index in [-0.39, 0.29) is 22.9 Å². The maximum atomic E-state index is 12.8. The zero-order valence-corrected chi connectivity index (χ0v) is 39.3. The first-order valence-electron chi connectivity index (χ1n) is 23.6. The molecule has 59 heavy (non-hydrogen) atoms. The van der Waals surface area contributed by atoms with E-state index in [0.717, 1.165) is 58.2 Å². The molecule has 9 atom stereocenters. The Balaban J connectivity index is 1.04. The number of allylic oxidation sites excluding steroid dienone is 3. The second-order valence-corrected chi connectivity index (χ2v) is 23.7. The van der Waals surface area contributed by atoms with Crippen LogP contribution in [0, 0.1) is 56.7 Å². The molecule has 0 spiro atoms. The topological polar surface area (TPSA) is 71.1 Å². The Kier molecular flexibility index (Phi) is 11.8. The van der Waals surface area contributed by atoms with Gasteiger partial charge in [0, 0.05) is 45.8 Å². The van der Waals surface area contributed by atoms with Gasteiger partial charge in [0.2, 0.25) is 0 Å². The van der Waals surface area contributed by atoms with Crippen LogP contribution in [0.5, 0.6) is 0 Å².